The van der Waals surface area contributed by atoms with E-state index in [2.05, 4.69) is 24.1 Å². The van der Waals surface area contributed by atoms with Gasteiger partial charge in [0.1, 0.15) is 6.54 Å². The number of hydrogen-bond donors (Lipinski definition) is 2. The first-order valence-electron chi connectivity index (χ1n) is 7.01. The third-order valence-electron chi connectivity index (χ3n) is 3.62. The Bertz CT molecular complexity index is 320. The van der Waals surface area contributed by atoms with Crippen LogP contribution in [0.3, 0.4) is 0 Å². The van der Waals surface area contributed by atoms with Crippen LogP contribution < -0.4 is 10.6 Å². The van der Waals surface area contributed by atoms with Gasteiger partial charge in [-0.2, -0.15) is 13.2 Å². The van der Waals surface area contributed by atoms with Crippen LogP contribution in [-0.4, -0.2) is 55.2 Å². The van der Waals surface area contributed by atoms with E-state index in [1.807, 2.05) is 5.32 Å². The second-order valence-corrected chi connectivity index (χ2v) is 5.71. The highest BCUT2D eigenvalue weighted by Crippen LogP contribution is 2.17. The number of nitrogens with one attached hydrogen (secondary N) is 2. The predicted octanol–water partition coefficient (Wildman–Crippen LogP) is 1.37. The number of nitrogens with zero attached hydrogens (tertiary/aromatic N) is 1. The molecule has 0 spiro atoms. The minimum atomic E-state index is -4.36. The number of rotatable bonds is 6. The summed E-state index contributed by atoms with van der Waals surface area (Å²) in [5.41, 5.74) is 0. The fourth-order valence-electron chi connectivity index (χ4n) is 2.27. The molecule has 1 amide bonds. The van der Waals surface area contributed by atoms with Crippen LogP contribution in [0, 0.1) is 5.92 Å². The summed E-state index contributed by atoms with van der Waals surface area (Å²) in [7, 11) is 0. The molecular formula is C13H24F3N3O. The van der Waals surface area contributed by atoms with Crippen molar-refractivity contribution in [2.45, 2.75) is 45.5 Å². The van der Waals surface area contributed by atoms with Gasteiger partial charge in [-0.25, -0.2) is 0 Å². The molecule has 0 aliphatic carbocycles. The summed E-state index contributed by atoms with van der Waals surface area (Å²) < 4.78 is 36.0. The largest absolute Gasteiger partial charge is 0.405 e. The van der Waals surface area contributed by atoms with Gasteiger partial charge in [0.05, 0.1) is 6.04 Å². The summed E-state index contributed by atoms with van der Waals surface area (Å²) in [6, 6.07) is -0.0991. The maximum atomic E-state index is 12.0. The molecule has 0 bridgehead atoms. The number of carbonyl (C=O) groups is 1. The Hall–Kier alpha value is -0.820. The van der Waals surface area contributed by atoms with E-state index in [1.54, 1.807) is 6.92 Å². The highest BCUT2D eigenvalue weighted by Gasteiger charge is 2.29. The van der Waals surface area contributed by atoms with Crippen LogP contribution in [-0.2, 0) is 4.79 Å². The molecule has 2 unspecified atom stereocenters. The average Bonchev–Trinajstić information content (AvgIpc) is 2.81. The van der Waals surface area contributed by atoms with Gasteiger partial charge in [0.2, 0.25) is 5.91 Å². The molecule has 20 heavy (non-hydrogen) atoms. The summed E-state index contributed by atoms with van der Waals surface area (Å²) >= 11 is 0. The first-order chi connectivity index (χ1) is 9.19. The highest BCUT2D eigenvalue weighted by molar-refractivity contribution is 5.81. The monoisotopic (exact) mass is 295 g/mol. The Balaban J connectivity index is 2.23. The molecule has 0 radical (unpaired) electrons. The van der Waals surface area contributed by atoms with E-state index >= 15 is 0 Å². The molecule has 1 aliphatic heterocycles. The molecule has 2 atom stereocenters. The van der Waals surface area contributed by atoms with Crippen LogP contribution >= 0.6 is 0 Å². The molecule has 0 aromatic carbocycles. The van der Waals surface area contributed by atoms with Gasteiger partial charge in [-0.1, -0.05) is 0 Å². The molecule has 1 saturated heterocycles. The molecule has 1 heterocycles. The van der Waals surface area contributed by atoms with Gasteiger partial charge in [0.15, 0.2) is 0 Å². The van der Waals surface area contributed by atoms with Crippen LogP contribution in [0.15, 0.2) is 0 Å². The number of hydrogen-bond acceptors (Lipinski definition) is 3. The molecule has 7 heteroatoms. The van der Waals surface area contributed by atoms with Crippen molar-refractivity contribution in [3.8, 4) is 0 Å². The molecule has 118 valence electrons. The normalized spacial score (nSPS) is 22.2. The van der Waals surface area contributed by atoms with E-state index in [1.165, 1.54) is 0 Å². The summed E-state index contributed by atoms with van der Waals surface area (Å²) in [5.74, 6) is -0.156. The molecule has 1 aliphatic rings. The highest BCUT2D eigenvalue weighted by atomic mass is 19.4. The van der Waals surface area contributed by atoms with Crippen molar-refractivity contribution in [2.75, 3.05) is 26.2 Å². The zero-order valence-electron chi connectivity index (χ0n) is 12.3. The standard InChI is InChI=1S/C13H24F3N3O/c1-9(2)19-5-4-11(7-19)6-17-10(3)12(20)18-8-13(14,15)16/h9-11,17H,4-8H2,1-3H3,(H,18,20). The van der Waals surface area contributed by atoms with Gasteiger partial charge in [-0.15, -0.1) is 0 Å². The van der Waals surface area contributed by atoms with Gasteiger partial charge in [-0.05, 0) is 46.2 Å². The lowest BCUT2D eigenvalue weighted by Crippen LogP contribution is -2.46. The number of halogens is 3. The minimum Gasteiger partial charge on any atom is -0.346 e. The van der Waals surface area contributed by atoms with Crippen LogP contribution in [0.1, 0.15) is 27.2 Å². The predicted molar refractivity (Wildman–Crippen MR) is 71.3 cm³/mol. The Morgan fingerprint density at radius 3 is 2.50 bits per heavy atom. The minimum absolute atomic E-state index is 0.454. The van der Waals surface area contributed by atoms with E-state index in [0.717, 1.165) is 19.5 Å². The van der Waals surface area contributed by atoms with Crippen LogP contribution in [0.2, 0.25) is 0 Å². The van der Waals surface area contributed by atoms with Gasteiger partial charge < -0.3 is 15.5 Å². The van der Waals surface area contributed by atoms with E-state index in [4.69, 9.17) is 0 Å². The molecule has 1 rings (SSSR count). The lowest BCUT2D eigenvalue weighted by atomic mass is 10.1. The van der Waals surface area contributed by atoms with Gasteiger partial charge in [0, 0.05) is 12.6 Å². The van der Waals surface area contributed by atoms with E-state index in [9.17, 15) is 18.0 Å². The van der Waals surface area contributed by atoms with Gasteiger partial charge in [-0.3, -0.25) is 4.79 Å². The first kappa shape index (κ1) is 17.2. The summed E-state index contributed by atoms with van der Waals surface area (Å²) in [6.45, 7) is 7.26. The number of likely N-dealkylation sites (tertiary alicyclic amines) is 1. The van der Waals surface area contributed by atoms with Crippen molar-refractivity contribution in [1.82, 2.24) is 15.5 Å². The number of alkyl halides is 3. The second kappa shape index (κ2) is 7.26. The summed E-state index contributed by atoms with van der Waals surface area (Å²) in [6.07, 6.45) is -3.30. The second-order valence-electron chi connectivity index (χ2n) is 5.71. The van der Waals surface area contributed by atoms with Gasteiger partial charge in [0.25, 0.3) is 0 Å². The molecule has 0 aromatic heterocycles. The van der Waals surface area contributed by atoms with Crippen molar-refractivity contribution in [1.29, 1.82) is 0 Å². The third-order valence-corrected chi connectivity index (χ3v) is 3.62. The molecule has 0 saturated carbocycles. The van der Waals surface area contributed by atoms with Crippen molar-refractivity contribution >= 4 is 5.91 Å². The zero-order valence-corrected chi connectivity index (χ0v) is 12.3. The Morgan fingerprint density at radius 1 is 1.35 bits per heavy atom. The van der Waals surface area contributed by atoms with Gasteiger partial charge >= 0.3 is 6.18 Å². The van der Waals surface area contributed by atoms with Crippen LogP contribution in [0.4, 0.5) is 13.2 Å². The summed E-state index contributed by atoms with van der Waals surface area (Å²) in [5, 5.41) is 4.90. The van der Waals surface area contributed by atoms with E-state index in [0.29, 0.717) is 18.5 Å². The van der Waals surface area contributed by atoms with Crippen molar-refractivity contribution in [2.24, 2.45) is 5.92 Å². The maximum absolute atomic E-state index is 12.0. The molecule has 1 fully saturated rings. The van der Waals surface area contributed by atoms with E-state index < -0.39 is 24.7 Å². The maximum Gasteiger partial charge on any atom is 0.405 e. The molecular weight excluding hydrogens is 271 g/mol. The summed E-state index contributed by atoms with van der Waals surface area (Å²) in [4.78, 5) is 13.8. The van der Waals surface area contributed by atoms with Crippen molar-refractivity contribution in [3.05, 3.63) is 0 Å². The fraction of sp³-hybridized carbons (Fsp3) is 0.923. The van der Waals surface area contributed by atoms with Crippen molar-refractivity contribution in [3.63, 3.8) is 0 Å². The quantitative estimate of drug-likeness (QED) is 0.778. The van der Waals surface area contributed by atoms with Crippen LogP contribution in [0.5, 0.6) is 0 Å². The topological polar surface area (TPSA) is 44.4 Å². The zero-order chi connectivity index (χ0) is 15.3. The molecule has 2 N–H and O–H groups in total. The molecule has 4 nitrogen and oxygen atoms in total. The average molecular weight is 295 g/mol. The lowest BCUT2D eigenvalue weighted by Gasteiger charge is -2.21. The Morgan fingerprint density at radius 2 is 2.00 bits per heavy atom. The number of amides is 1. The van der Waals surface area contributed by atoms with Crippen molar-refractivity contribution < 1.29 is 18.0 Å². The SMILES string of the molecule is CC(NCC1CCN(C(C)C)C1)C(=O)NCC(F)(F)F. The Kier molecular flexibility index (Phi) is 6.26. The Labute approximate surface area is 118 Å². The third kappa shape index (κ3) is 6.09. The van der Waals surface area contributed by atoms with E-state index in [-0.39, 0.29) is 0 Å². The first-order valence-corrected chi connectivity index (χ1v) is 7.01. The lowest BCUT2D eigenvalue weighted by molar-refractivity contribution is -0.139. The fourth-order valence-corrected chi connectivity index (χ4v) is 2.27. The number of carbonyl (C=O) groups excluding carboxylic acids is 1. The van der Waals surface area contributed by atoms with Crippen LogP contribution in [0.25, 0.3) is 0 Å². The smallest absolute Gasteiger partial charge is 0.346 e. The molecule has 0 aromatic rings.